The first-order valence-electron chi connectivity index (χ1n) is 5.40. The van der Waals surface area contributed by atoms with E-state index in [1.807, 2.05) is 32.0 Å². The fourth-order valence-corrected chi connectivity index (χ4v) is 1.66. The standard InChI is InChI=1S/C12H17BrN2O/c1-3-14-6-7-15-12(16)10-5-4-9(2)11(13)8-10/h4-5,8,14H,3,6-7H2,1-2H3,(H,15,16). The molecule has 0 aromatic heterocycles. The maximum Gasteiger partial charge on any atom is 0.251 e. The van der Waals surface area contributed by atoms with Crippen molar-refractivity contribution >= 4 is 21.8 Å². The summed E-state index contributed by atoms with van der Waals surface area (Å²) in [6.45, 7) is 6.41. The number of hydrogen-bond donors (Lipinski definition) is 2. The number of likely N-dealkylation sites (N-methyl/N-ethyl adjacent to an activating group) is 1. The van der Waals surface area contributed by atoms with Gasteiger partial charge in [0.25, 0.3) is 5.91 Å². The van der Waals surface area contributed by atoms with Crippen molar-refractivity contribution in [3.05, 3.63) is 33.8 Å². The maximum absolute atomic E-state index is 11.7. The van der Waals surface area contributed by atoms with Crippen LogP contribution >= 0.6 is 15.9 Å². The van der Waals surface area contributed by atoms with E-state index in [-0.39, 0.29) is 5.91 Å². The molecule has 3 nitrogen and oxygen atoms in total. The first kappa shape index (κ1) is 13.2. The van der Waals surface area contributed by atoms with Crippen LogP contribution in [0.2, 0.25) is 0 Å². The third kappa shape index (κ3) is 3.94. The molecule has 1 aromatic carbocycles. The van der Waals surface area contributed by atoms with Crippen LogP contribution in [-0.2, 0) is 0 Å². The molecule has 2 N–H and O–H groups in total. The van der Waals surface area contributed by atoms with Gasteiger partial charge in [0.2, 0.25) is 0 Å². The molecule has 0 heterocycles. The highest BCUT2D eigenvalue weighted by Crippen LogP contribution is 2.17. The molecular weight excluding hydrogens is 268 g/mol. The van der Waals surface area contributed by atoms with Gasteiger partial charge in [0.05, 0.1) is 0 Å². The minimum absolute atomic E-state index is 0.0291. The van der Waals surface area contributed by atoms with E-state index in [0.29, 0.717) is 12.1 Å². The molecule has 88 valence electrons. The van der Waals surface area contributed by atoms with Gasteiger partial charge in [-0.15, -0.1) is 0 Å². The van der Waals surface area contributed by atoms with Gasteiger partial charge < -0.3 is 10.6 Å². The average Bonchev–Trinajstić information content (AvgIpc) is 2.28. The van der Waals surface area contributed by atoms with Gasteiger partial charge in [-0.3, -0.25) is 4.79 Å². The fraction of sp³-hybridized carbons (Fsp3) is 0.417. The van der Waals surface area contributed by atoms with E-state index in [1.165, 1.54) is 0 Å². The molecule has 4 heteroatoms. The normalized spacial score (nSPS) is 10.2. The summed E-state index contributed by atoms with van der Waals surface area (Å²) in [5.74, 6) is -0.0291. The van der Waals surface area contributed by atoms with Gasteiger partial charge in [0, 0.05) is 23.1 Å². The Kier molecular flexibility index (Phi) is 5.49. The van der Waals surface area contributed by atoms with Crippen molar-refractivity contribution in [2.75, 3.05) is 19.6 Å². The SMILES string of the molecule is CCNCCNC(=O)c1ccc(C)c(Br)c1. The van der Waals surface area contributed by atoms with Crippen LogP contribution in [0.15, 0.2) is 22.7 Å². The van der Waals surface area contributed by atoms with Crippen molar-refractivity contribution in [1.29, 1.82) is 0 Å². The zero-order chi connectivity index (χ0) is 12.0. The molecule has 0 aliphatic heterocycles. The van der Waals surface area contributed by atoms with Gasteiger partial charge in [-0.1, -0.05) is 28.9 Å². The van der Waals surface area contributed by atoms with Crippen molar-refractivity contribution in [3.8, 4) is 0 Å². The largest absolute Gasteiger partial charge is 0.351 e. The second-order valence-corrected chi connectivity index (χ2v) is 4.43. The highest BCUT2D eigenvalue weighted by molar-refractivity contribution is 9.10. The Morgan fingerprint density at radius 2 is 2.12 bits per heavy atom. The van der Waals surface area contributed by atoms with Crippen molar-refractivity contribution in [3.63, 3.8) is 0 Å². The molecule has 0 unspecified atom stereocenters. The molecule has 0 aliphatic carbocycles. The Bertz CT molecular complexity index is 366. The van der Waals surface area contributed by atoms with E-state index < -0.39 is 0 Å². The van der Waals surface area contributed by atoms with Crippen molar-refractivity contribution in [1.82, 2.24) is 10.6 Å². The van der Waals surface area contributed by atoms with E-state index >= 15 is 0 Å². The molecule has 0 aliphatic rings. The summed E-state index contributed by atoms with van der Waals surface area (Å²) in [6, 6.07) is 5.61. The number of carbonyl (C=O) groups is 1. The number of benzene rings is 1. The third-order valence-electron chi connectivity index (χ3n) is 2.27. The number of amides is 1. The minimum atomic E-state index is -0.0291. The van der Waals surface area contributed by atoms with Gasteiger partial charge >= 0.3 is 0 Å². The monoisotopic (exact) mass is 284 g/mol. The molecule has 0 bridgehead atoms. The molecule has 0 atom stereocenters. The van der Waals surface area contributed by atoms with Crippen LogP contribution in [0.3, 0.4) is 0 Å². The van der Waals surface area contributed by atoms with Crippen LogP contribution in [0.4, 0.5) is 0 Å². The Hall–Kier alpha value is -0.870. The Labute approximate surface area is 105 Å². The van der Waals surface area contributed by atoms with Crippen LogP contribution in [-0.4, -0.2) is 25.5 Å². The molecule has 1 amide bonds. The number of halogens is 1. The van der Waals surface area contributed by atoms with Crippen molar-refractivity contribution in [2.45, 2.75) is 13.8 Å². The molecular formula is C12H17BrN2O. The molecule has 16 heavy (non-hydrogen) atoms. The maximum atomic E-state index is 11.7. The quantitative estimate of drug-likeness (QED) is 0.813. The second-order valence-electron chi connectivity index (χ2n) is 3.57. The minimum Gasteiger partial charge on any atom is -0.351 e. The van der Waals surface area contributed by atoms with Crippen LogP contribution in [0, 0.1) is 6.92 Å². The average molecular weight is 285 g/mol. The number of aryl methyl sites for hydroxylation is 1. The van der Waals surface area contributed by atoms with Crippen LogP contribution in [0.1, 0.15) is 22.8 Å². The highest BCUT2D eigenvalue weighted by atomic mass is 79.9. The van der Waals surface area contributed by atoms with Crippen LogP contribution < -0.4 is 10.6 Å². The molecule has 1 rings (SSSR count). The summed E-state index contributed by atoms with van der Waals surface area (Å²) in [5, 5.41) is 6.01. The third-order valence-corrected chi connectivity index (χ3v) is 3.13. The lowest BCUT2D eigenvalue weighted by Crippen LogP contribution is -2.31. The summed E-state index contributed by atoms with van der Waals surface area (Å²) < 4.78 is 0.965. The topological polar surface area (TPSA) is 41.1 Å². The molecule has 0 spiro atoms. The van der Waals surface area contributed by atoms with E-state index in [1.54, 1.807) is 0 Å². The lowest BCUT2D eigenvalue weighted by Gasteiger charge is -2.06. The van der Waals surface area contributed by atoms with Gasteiger partial charge in [-0.2, -0.15) is 0 Å². The molecule has 1 aromatic rings. The lowest BCUT2D eigenvalue weighted by atomic mass is 10.1. The Morgan fingerprint density at radius 3 is 2.75 bits per heavy atom. The molecule has 0 fully saturated rings. The number of carbonyl (C=O) groups excluding carboxylic acids is 1. The summed E-state index contributed by atoms with van der Waals surface area (Å²) in [4.78, 5) is 11.7. The van der Waals surface area contributed by atoms with Gasteiger partial charge in [-0.25, -0.2) is 0 Å². The van der Waals surface area contributed by atoms with Gasteiger partial charge in [-0.05, 0) is 31.2 Å². The Balaban J connectivity index is 2.50. The first-order chi connectivity index (χ1) is 7.65. The zero-order valence-electron chi connectivity index (χ0n) is 9.64. The van der Waals surface area contributed by atoms with E-state index in [9.17, 15) is 4.79 Å². The summed E-state index contributed by atoms with van der Waals surface area (Å²) in [7, 11) is 0. The van der Waals surface area contributed by atoms with Gasteiger partial charge in [0.15, 0.2) is 0 Å². The number of rotatable bonds is 5. The predicted octanol–water partition coefficient (Wildman–Crippen LogP) is 2.10. The van der Waals surface area contributed by atoms with E-state index in [0.717, 1.165) is 23.1 Å². The summed E-state index contributed by atoms with van der Waals surface area (Å²) >= 11 is 3.42. The zero-order valence-corrected chi connectivity index (χ0v) is 11.2. The fourth-order valence-electron chi connectivity index (χ4n) is 1.28. The van der Waals surface area contributed by atoms with Crippen molar-refractivity contribution < 1.29 is 4.79 Å². The number of hydrogen-bond acceptors (Lipinski definition) is 2. The van der Waals surface area contributed by atoms with E-state index in [2.05, 4.69) is 26.6 Å². The summed E-state index contributed by atoms with van der Waals surface area (Å²) in [5.41, 5.74) is 1.82. The smallest absolute Gasteiger partial charge is 0.251 e. The highest BCUT2D eigenvalue weighted by Gasteiger charge is 2.05. The summed E-state index contributed by atoms with van der Waals surface area (Å²) in [6.07, 6.45) is 0. The second kappa shape index (κ2) is 6.66. The molecule has 0 saturated carbocycles. The Morgan fingerprint density at radius 1 is 1.38 bits per heavy atom. The molecule has 0 radical (unpaired) electrons. The predicted molar refractivity (Wildman–Crippen MR) is 69.8 cm³/mol. The van der Waals surface area contributed by atoms with Crippen LogP contribution in [0.5, 0.6) is 0 Å². The first-order valence-corrected chi connectivity index (χ1v) is 6.19. The lowest BCUT2D eigenvalue weighted by molar-refractivity contribution is 0.0954. The van der Waals surface area contributed by atoms with Crippen LogP contribution in [0.25, 0.3) is 0 Å². The van der Waals surface area contributed by atoms with E-state index in [4.69, 9.17) is 0 Å². The van der Waals surface area contributed by atoms with Crippen molar-refractivity contribution in [2.24, 2.45) is 0 Å². The van der Waals surface area contributed by atoms with Gasteiger partial charge in [0.1, 0.15) is 0 Å². The number of nitrogens with one attached hydrogen (secondary N) is 2. The molecule has 0 saturated heterocycles.